The van der Waals surface area contributed by atoms with Crippen LogP contribution in [-0.4, -0.2) is 21.8 Å². The molecule has 20 heavy (non-hydrogen) atoms. The summed E-state index contributed by atoms with van der Waals surface area (Å²) in [6, 6.07) is 4.10. The van der Waals surface area contributed by atoms with Gasteiger partial charge in [0.25, 0.3) is 5.91 Å². The number of aromatic nitrogens is 1. The standard InChI is InChI=1S/C12H9BrFN3O2S/c1-6(17-19)10-5-20-12(15-10)16-11(18)8-4-7(13)2-3-9(8)14/h2-5,19H,1H3,(H,15,16,18). The molecule has 0 atom stereocenters. The van der Waals surface area contributed by atoms with Crippen molar-refractivity contribution in [2.75, 3.05) is 5.32 Å². The number of nitrogens with one attached hydrogen (secondary N) is 1. The molecule has 0 aliphatic rings. The van der Waals surface area contributed by atoms with Crippen molar-refractivity contribution in [3.63, 3.8) is 0 Å². The lowest BCUT2D eigenvalue weighted by Crippen LogP contribution is -2.13. The Bertz CT molecular complexity index is 687. The van der Waals surface area contributed by atoms with Crippen molar-refractivity contribution in [3.05, 3.63) is 45.1 Å². The van der Waals surface area contributed by atoms with E-state index in [2.05, 4.69) is 31.4 Å². The van der Waals surface area contributed by atoms with E-state index < -0.39 is 11.7 Å². The van der Waals surface area contributed by atoms with Crippen LogP contribution in [0.15, 0.2) is 33.2 Å². The molecule has 2 rings (SSSR count). The summed E-state index contributed by atoms with van der Waals surface area (Å²) in [6.07, 6.45) is 0. The van der Waals surface area contributed by atoms with Gasteiger partial charge in [-0.15, -0.1) is 11.3 Å². The van der Waals surface area contributed by atoms with E-state index in [1.165, 1.54) is 18.2 Å². The van der Waals surface area contributed by atoms with Crippen LogP contribution in [0.4, 0.5) is 9.52 Å². The van der Waals surface area contributed by atoms with E-state index in [1.807, 2.05) is 0 Å². The van der Waals surface area contributed by atoms with Crippen LogP contribution in [0, 0.1) is 5.82 Å². The first-order valence-electron chi connectivity index (χ1n) is 5.42. The fraction of sp³-hybridized carbons (Fsp3) is 0.0833. The summed E-state index contributed by atoms with van der Waals surface area (Å²) < 4.78 is 14.2. The van der Waals surface area contributed by atoms with Gasteiger partial charge in [0.1, 0.15) is 17.2 Å². The number of carbonyl (C=O) groups is 1. The van der Waals surface area contributed by atoms with E-state index in [-0.39, 0.29) is 5.56 Å². The van der Waals surface area contributed by atoms with Gasteiger partial charge in [-0.2, -0.15) is 0 Å². The highest BCUT2D eigenvalue weighted by Crippen LogP contribution is 2.20. The van der Waals surface area contributed by atoms with Crippen molar-refractivity contribution in [2.24, 2.45) is 5.16 Å². The second-order valence-electron chi connectivity index (χ2n) is 3.80. The second kappa shape index (κ2) is 6.10. The molecule has 1 heterocycles. The molecule has 1 aromatic carbocycles. The third-order valence-electron chi connectivity index (χ3n) is 2.42. The Kier molecular flexibility index (Phi) is 4.46. The topological polar surface area (TPSA) is 74.6 Å². The molecule has 104 valence electrons. The molecular weight excluding hydrogens is 349 g/mol. The number of rotatable bonds is 3. The van der Waals surface area contributed by atoms with Crippen molar-refractivity contribution in [1.82, 2.24) is 4.98 Å². The van der Waals surface area contributed by atoms with Gasteiger partial charge in [0.05, 0.1) is 5.56 Å². The summed E-state index contributed by atoms with van der Waals surface area (Å²) in [4.78, 5) is 16.0. The Morgan fingerprint density at radius 3 is 3.00 bits per heavy atom. The molecule has 8 heteroatoms. The van der Waals surface area contributed by atoms with Crippen molar-refractivity contribution in [2.45, 2.75) is 6.92 Å². The minimum absolute atomic E-state index is 0.0799. The number of anilines is 1. The molecule has 0 radical (unpaired) electrons. The first kappa shape index (κ1) is 14.6. The number of thiazole rings is 1. The highest BCUT2D eigenvalue weighted by molar-refractivity contribution is 9.10. The van der Waals surface area contributed by atoms with Gasteiger partial charge in [0.2, 0.25) is 0 Å². The second-order valence-corrected chi connectivity index (χ2v) is 5.58. The summed E-state index contributed by atoms with van der Waals surface area (Å²) in [6.45, 7) is 1.58. The zero-order valence-corrected chi connectivity index (χ0v) is 12.6. The van der Waals surface area contributed by atoms with Crippen molar-refractivity contribution < 1.29 is 14.4 Å². The monoisotopic (exact) mass is 357 g/mol. The van der Waals surface area contributed by atoms with Crippen LogP contribution in [0.3, 0.4) is 0 Å². The lowest BCUT2D eigenvalue weighted by atomic mass is 10.2. The number of oxime groups is 1. The lowest BCUT2D eigenvalue weighted by Gasteiger charge is -2.03. The number of carbonyl (C=O) groups excluding carboxylic acids is 1. The molecule has 0 spiro atoms. The van der Waals surface area contributed by atoms with E-state index >= 15 is 0 Å². The number of benzene rings is 1. The molecule has 1 amide bonds. The number of halogens is 2. The van der Waals surface area contributed by atoms with Gasteiger partial charge in [-0.1, -0.05) is 21.1 Å². The summed E-state index contributed by atoms with van der Waals surface area (Å²) in [5.41, 5.74) is 0.696. The largest absolute Gasteiger partial charge is 0.411 e. The Hall–Kier alpha value is -1.80. The predicted molar refractivity (Wildman–Crippen MR) is 78.2 cm³/mol. The molecule has 0 saturated carbocycles. The zero-order valence-electron chi connectivity index (χ0n) is 10.2. The third-order valence-corrected chi connectivity index (χ3v) is 3.67. The van der Waals surface area contributed by atoms with Crippen LogP contribution < -0.4 is 5.32 Å². The number of hydrogen-bond acceptors (Lipinski definition) is 5. The molecule has 0 aliphatic heterocycles. The molecule has 5 nitrogen and oxygen atoms in total. The van der Waals surface area contributed by atoms with Crippen LogP contribution >= 0.6 is 27.3 Å². The molecular formula is C12H9BrFN3O2S. The van der Waals surface area contributed by atoms with Crippen molar-refractivity contribution >= 4 is 44.0 Å². The normalized spacial score (nSPS) is 11.4. The van der Waals surface area contributed by atoms with Gasteiger partial charge >= 0.3 is 0 Å². The lowest BCUT2D eigenvalue weighted by molar-refractivity contribution is 0.102. The van der Waals surface area contributed by atoms with Crippen LogP contribution in [0.5, 0.6) is 0 Å². The maximum absolute atomic E-state index is 13.6. The average Bonchev–Trinajstić information content (AvgIpc) is 2.89. The molecule has 0 fully saturated rings. The van der Waals surface area contributed by atoms with Gasteiger partial charge in [-0.05, 0) is 25.1 Å². The van der Waals surface area contributed by atoms with E-state index in [1.54, 1.807) is 12.3 Å². The first-order chi connectivity index (χ1) is 9.51. The maximum Gasteiger partial charge on any atom is 0.260 e. The molecule has 0 bridgehead atoms. The summed E-state index contributed by atoms with van der Waals surface area (Å²) in [5, 5.41) is 16.1. The van der Waals surface area contributed by atoms with Gasteiger partial charge in [-0.25, -0.2) is 9.37 Å². The Morgan fingerprint density at radius 2 is 2.30 bits per heavy atom. The minimum atomic E-state index is -0.615. The van der Waals surface area contributed by atoms with Gasteiger partial charge < -0.3 is 5.21 Å². The molecule has 1 aromatic heterocycles. The fourth-order valence-corrected chi connectivity index (χ4v) is 2.49. The molecule has 0 aliphatic carbocycles. The third kappa shape index (κ3) is 3.20. The Balaban J connectivity index is 2.19. The number of amides is 1. The van der Waals surface area contributed by atoms with E-state index in [4.69, 9.17) is 5.21 Å². The van der Waals surface area contributed by atoms with Gasteiger partial charge in [0.15, 0.2) is 5.13 Å². The van der Waals surface area contributed by atoms with E-state index in [0.717, 1.165) is 11.3 Å². The number of hydrogen-bond donors (Lipinski definition) is 2. The predicted octanol–water partition coefficient (Wildman–Crippen LogP) is 3.50. The molecule has 0 unspecified atom stereocenters. The van der Waals surface area contributed by atoms with Crippen molar-refractivity contribution in [1.29, 1.82) is 0 Å². The quantitative estimate of drug-likeness (QED) is 0.501. The van der Waals surface area contributed by atoms with Gasteiger partial charge in [-0.3, -0.25) is 10.1 Å². The van der Waals surface area contributed by atoms with Crippen molar-refractivity contribution in [3.8, 4) is 0 Å². The minimum Gasteiger partial charge on any atom is -0.411 e. The van der Waals surface area contributed by atoms with Crippen LogP contribution in [0.1, 0.15) is 23.0 Å². The average molecular weight is 358 g/mol. The van der Waals surface area contributed by atoms with Crippen LogP contribution in [0.2, 0.25) is 0 Å². The van der Waals surface area contributed by atoms with Crippen LogP contribution in [0.25, 0.3) is 0 Å². The first-order valence-corrected chi connectivity index (χ1v) is 7.09. The smallest absolute Gasteiger partial charge is 0.260 e. The summed E-state index contributed by atoms with van der Waals surface area (Å²) >= 11 is 4.34. The highest BCUT2D eigenvalue weighted by Gasteiger charge is 2.14. The molecule has 2 N–H and O–H groups in total. The molecule has 2 aromatic rings. The zero-order chi connectivity index (χ0) is 14.7. The van der Waals surface area contributed by atoms with E-state index in [9.17, 15) is 9.18 Å². The molecule has 0 saturated heterocycles. The van der Waals surface area contributed by atoms with E-state index in [0.29, 0.717) is 21.0 Å². The SMILES string of the molecule is CC(=NO)c1csc(NC(=O)c2cc(Br)ccc2F)n1. The van der Waals surface area contributed by atoms with Gasteiger partial charge in [0, 0.05) is 9.85 Å². The Labute approximate surface area is 126 Å². The fourth-order valence-electron chi connectivity index (χ4n) is 1.38. The summed E-state index contributed by atoms with van der Waals surface area (Å²) in [7, 11) is 0. The Morgan fingerprint density at radius 1 is 1.55 bits per heavy atom. The highest BCUT2D eigenvalue weighted by atomic mass is 79.9. The number of nitrogens with zero attached hydrogens (tertiary/aromatic N) is 2. The maximum atomic E-state index is 13.6. The summed E-state index contributed by atoms with van der Waals surface area (Å²) in [5.74, 6) is -1.21. The van der Waals surface area contributed by atoms with Crippen LogP contribution in [-0.2, 0) is 0 Å².